The van der Waals surface area contributed by atoms with Crippen molar-refractivity contribution in [2.75, 3.05) is 13.2 Å². The fourth-order valence-corrected chi connectivity index (χ4v) is 13.9. The van der Waals surface area contributed by atoms with Gasteiger partial charge < -0.3 is 63.1 Å². The van der Waals surface area contributed by atoms with Gasteiger partial charge in [0.05, 0.1) is 56.1 Å². The third-order valence-corrected chi connectivity index (χ3v) is 19.0. The molecule has 15 nitrogen and oxygen atoms in total. The molecule has 7 heterocycles. The van der Waals surface area contributed by atoms with E-state index in [2.05, 4.69) is 46.4 Å². The molecule has 83 heavy (non-hydrogen) atoms. The Bertz CT molecular complexity index is 2110. The highest BCUT2D eigenvalue weighted by Crippen LogP contribution is 2.48. The SMILES string of the molecule is C=C1[C@@H](O)[C@@H]2O[C@]3(CC[C@H](/C=C/[C@@H](C)[C@@H]4CC(C)=C[C@@]5(O[C@H](C[C@@](C)(O)C(=O)O/C=C/C=C/CCCCOC(=O)CCCCCCCCCCCCCCC)CC[C@H]5O)O4)O3)CC[C@H]2O[C@@H]1[C@@H](O)C[C@H](C)[C@H]1O[C@@]2(CCCCO2)CC[C@H]1C. The second-order valence-electron chi connectivity index (χ2n) is 26.4. The van der Waals surface area contributed by atoms with E-state index < -0.39 is 71.7 Å². The highest BCUT2D eigenvalue weighted by Gasteiger charge is 2.55. The van der Waals surface area contributed by atoms with E-state index in [-0.39, 0.29) is 42.5 Å². The Hall–Kier alpha value is -2.80. The van der Waals surface area contributed by atoms with Crippen LogP contribution in [-0.4, -0.2) is 130 Å². The molecule has 0 aromatic carbocycles. The molecule has 0 bridgehead atoms. The number of allylic oxidation sites excluding steroid dienone is 3. The summed E-state index contributed by atoms with van der Waals surface area (Å²) >= 11 is 0. The summed E-state index contributed by atoms with van der Waals surface area (Å²) < 4.78 is 56.7. The van der Waals surface area contributed by atoms with Crippen molar-refractivity contribution in [2.24, 2.45) is 17.8 Å². The first-order valence-electron chi connectivity index (χ1n) is 33.0. The Kier molecular flexibility index (Phi) is 26.9. The van der Waals surface area contributed by atoms with Gasteiger partial charge in [-0.05, 0) is 127 Å². The highest BCUT2D eigenvalue weighted by molar-refractivity contribution is 5.79. The van der Waals surface area contributed by atoms with Gasteiger partial charge in [0, 0.05) is 44.4 Å². The molecular formula is C68H110O15. The van der Waals surface area contributed by atoms with Gasteiger partial charge in [-0.1, -0.05) is 141 Å². The number of ether oxygens (including phenoxy) is 9. The molecule has 7 aliphatic rings. The van der Waals surface area contributed by atoms with Gasteiger partial charge in [-0.2, -0.15) is 0 Å². The van der Waals surface area contributed by atoms with Crippen molar-refractivity contribution in [3.8, 4) is 0 Å². The second-order valence-corrected chi connectivity index (χ2v) is 26.4. The number of unbranched alkanes of at least 4 members (excludes halogenated alkanes) is 14. The predicted molar refractivity (Wildman–Crippen MR) is 319 cm³/mol. The van der Waals surface area contributed by atoms with Crippen LogP contribution in [0.25, 0.3) is 0 Å². The lowest BCUT2D eigenvalue weighted by atomic mass is 9.79. The Morgan fingerprint density at radius 2 is 1.54 bits per heavy atom. The van der Waals surface area contributed by atoms with Gasteiger partial charge in [0.1, 0.15) is 24.4 Å². The fraction of sp³-hybridized carbons (Fsp3) is 0.824. The molecule has 0 radical (unpaired) electrons. The number of esters is 2. The van der Waals surface area contributed by atoms with Crippen LogP contribution in [0.1, 0.15) is 241 Å². The molecule has 6 fully saturated rings. The van der Waals surface area contributed by atoms with Gasteiger partial charge in [-0.25, -0.2) is 4.79 Å². The van der Waals surface area contributed by atoms with Crippen LogP contribution in [-0.2, 0) is 52.2 Å². The summed E-state index contributed by atoms with van der Waals surface area (Å²) in [5.41, 5.74) is -0.450. The quantitative estimate of drug-likeness (QED) is 0.0168. The van der Waals surface area contributed by atoms with E-state index in [0.717, 1.165) is 82.8 Å². The molecule has 7 rings (SSSR count). The molecule has 0 amide bonds. The standard InChI is InChI=1S/C68H110O15/c1-8-9-10-11-12-13-14-15-16-17-18-21-24-29-59(71)75-41-26-22-19-20-23-27-42-76-64(73)65(7,74)47-54-32-33-58(70)68(80-54)46-48(2)44-57(81-68)49(3)30-31-53-35-39-67(79-53)40-36-56-63(83-67)60(72)52(6)62(78-56)55(69)45-51(5)61-50(4)34-38-66(82-61)37-25-28-43-77-66/h20,23,27,30-31,42,46,49-51,53-58,60-63,69-70,72,74H,6,8-19,21-22,24-26,28-29,32-41,43-45,47H2,1-5,7H3/b23-20+,31-30+,42-27+/t49-,50-,51+,53+,54+,55+,56-,57+,58-,60-,61+,62+,63-,65-,66+,67-,68-/m1/s1. The van der Waals surface area contributed by atoms with E-state index in [1.54, 1.807) is 12.2 Å². The Labute approximate surface area is 498 Å². The zero-order valence-electron chi connectivity index (χ0n) is 51.9. The topological polar surface area (TPSA) is 198 Å². The molecule has 0 unspecified atom stereocenters. The van der Waals surface area contributed by atoms with Crippen LogP contribution in [0, 0.1) is 17.8 Å². The minimum absolute atomic E-state index is 0.0411. The molecule has 472 valence electrons. The number of aliphatic hydroxyl groups excluding tert-OH is 3. The number of hydrogen-bond acceptors (Lipinski definition) is 15. The van der Waals surface area contributed by atoms with Crippen LogP contribution in [0.4, 0.5) is 0 Å². The van der Waals surface area contributed by atoms with E-state index in [1.807, 2.05) is 19.1 Å². The lowest BCUT2D eigenvalue weighted by Gasteiger charge is -2.50. The molecule has 0 aliphatic carbocycles. The lowest BCUT2D eigenvalue weighted by molar-refractivity contribution is -0.321. The largest absolute Gasteiger partial charge is 0.466 e. The number of aliphatic hydroxyl groups is 4. The minimum Gasteiger partial charge on any atom is -0.466 e. The number of carbonyl (C=O) groups excluding carboxylic acids is 2. The first-order valence-corrected chi connectivity index (χ1v) is 33.0. The molecule has 0 aromatic rings. The molecule has 3 spiro atoms. The normalized spacial score (nSPS) is 35.0. The summed E-state index contributed by atoms with van der Waals surface area (Å²) in [6.07, 6.45) is 35.4. The Morgan fingerprint density at radius 3 is 2.27 bits per heavy atom. The molecule has 4 N–H and O–H groups in total. The fourth-order valence-electron chi connectivity index (χ4n) is 13.9. The Morgan fingerprint density at radius 1 is 0.831 bits per heavy atom. The number of fused-ring (bicyclic) bond motifs is 1. The van der Waals surface area contributed by atoms with Crippen molar-refractivity contribution in [3.05, 3.63) is 60.4 Å². The van der Waals surface area contributed by atoms with Crippen LogP contribution in [0.5, 0.6) is 0 Å². The van der Waals surface area contributed by atoms with Gasteiger partial charge in [-0.3, -0.25) is 4.79 Å². The van der Waals surface area contributed by atoms with Crippen molar-refractivity contribution >= 4 is 11.9 Å². The molecule has 17 atom stereocenters. The minimum atomic E-state index is -1.87. The maximum Gasteiger partial charge on any atom is 0.342 e. The number of hydrogen-bond donors (Lipinski definition) is 4. The first kappa shape index (κ1) is 67.7. The summed E-state index contributed by atoms with van der Waals surface area (Å²) in [5, 5.41) is 46.1. The van der Waals surface area contributed by atoms with Crippen LogP contribution >= 0.6 is 0 Å². The number of rotatable bonds is 31. The van der Waals surface area contributed by atoms with E-state index in [9.17, 15) is 30.0 Å². The summed E-state index contributed by atoms with van der Waals surface area (Å²) in [6.45, 7) is 17.4. The van der Waals surface area contributed by atoms with Crippen LogP contribution in [0.2, 0.25) is 0 Å². The maximum atomic E-state index is 13.1. The average Bonchev–Trinajstić information content (AvgIpc) is 3.08. The van der Waals surface area contributed by atoms with E-state index in [1.165, 1.54) is 83.8 Å². The van der Waals surface area contributed by atoms with Crippen LogP contribution in [0.3, 0.4) is 0 Å². The first-order chi connectivity index (χ1) is 39.9. The van der Waals surface area contributed by atoms with Crippen molar-refractivity contribution < 1.29 is 72.6 Å². The van der Waals surface area contributed by atoms with Crippen molar-refractivity contribution in [2.45, 2.75) is 325 Å². The zero-order valence-corrected chi connectivity index (χ0v) is 51.9. The van der Waals surface area contributed by atoms with E-state index in [4.69, 9.17) is 42.6 Å². The predicted octanol–water partition coefficient (Wildman–Crippen LogP) is 12.9. The molecule has 7 aliphatic heterocycles. The molecule has 0 aromatic heterocycles. The average molecular weight is 1170 g/mol. The third kappa shape index (κ3) is 19.9. The van der Waals surface area contributed by atoms with Gasteiger partial charge in [0.2, 0.25) is 5.79 Å². The Balaban J connectivity index is 0.773. The van der Waals surface area contributed by atoms with Gasteiger partial charge in [-0.15, -0.1) is 0 Å². The van der Waals surface area contributed by atoms with Crippen molar-refractivity contribution in [3.63, 3.8) is 0 Å². The van der Waals surface area contributed by atoms with Crippen molar-refractivity contribution in [1.29, 1.82) is 0 Å². The maximum absolute atomic E-state index is 13.1. The number of carbonyl (C=O) groups is 2. The summed E-state index contributed by atoms with van der Waals surface area (Å²) in [7, 11) is 0. The van der Waals surface area contributed by atoms with Gasteiger partial charge in [0.15, 0.2) is 17.2 Å². The second kappa shape index (κ2) is 33.0. The lowest BCUT2D eigenvalue weighted by Crippen LogP contribution is -2.60. The zero-order chi connectivity index (χ0) is 59.5. The van der Waals surface area contributed by atoms with Crippen LogP contribution < -0.4 is 0 Å². The molecule has 6 saturated heterocycles. The highest BCUT2D eigenvalue weighted by atomic mass is 16.7. The van der Waals surface area contributed by atoms with Gasteiger partial charge in [0.25, 0.3) is 0 Å². The smallest absolute Gasteiger partial charge is 0.342 e. The summed E-state index contributed by atoms with van der Waals surface area (Å²) in [4.78, 5) is 25.3. The third-order valence-electron chi connectivity index (χ3n) is 19.0. The van der Waals surface area contributed by atoms with Gasteiger partial charge >= 0.3 is 11.9 Å². The van der Waals surface area contributed by atoms with Crippen molar-refractivity contribution in [1.82, 2.24) is 0 Å². The molecular weight excluding hydrogens is 1060 g/mol. The van der Waals surface area contributed by atoms with E-state index in [0.29, 0.717) is 69.5 Å². The molecule has 0 saturated carbocycles. The molecule has 15 heteroatoms. The summed E-state index contributed by atoms with van der Waals surface area (Å²) in [6, 6.07) is 0. The monoisotopic (exact) mass is 1170 g/mol. The van der Waals surface area contributed by atoms with Crippen LogP contribution in [0.15, 0.2) is 60.4 Å². The van der Waals surface area contributed by atoms with E-state index >= 15 is 0 Å². The summed E-state index contributed by atoms with van der Waals surface area (Å²) in [5.74, 6) is -3.50.